The number of anilines is 1. The number of nitriles is 1. The van der Waals surface area contributed by atoms with Crippen LogP contribution in [0.2, 0.25) is 0 Å². The van der Waals surface area contributed by atoms with Gasteiger partial charge in [0.15, 0.2) is 0 Å². The van der Waals surface area contributed by atoms with Crippen LogP contribution in [-0.2, 0) is 11.3 Å². The molecular weight excluding hydrogens is 338 g/mol. The van der Waals surface area contributed by atoms with Gasteiger partial charge in [-0.3, -0.25) is 4.79 Å². The number of hydrogen-bond donors (Lipinski definition) is 1. The minimum Gasteiger partial charge on any atom is -0.497 e. The van der Waals surface area contributed by atoms with E-state index in [-0.39, 0.29) is 11.5 Å². The van der Waals surface area contributed by atoms with Crippen molar-refractivity contribution in [2.45, 2.75) is 20.4 Å². The summed E-state index contributed by atoms with van der Waals surface area (Å²) in [5.74, 6) is 0.372. The van der Waals surface area contributed by atoms with Crippen LogP contribution in [0.1, 0.15) is 25.0 Å². The van der Waals surface area contributed by atoms with Gasteiger partial charge in [0.25, 0.3) is 5.91 Å². The Morgan fingerprint density at radius 3 is 2.26 bits per heavy atom. The van der Waals surface area contributed by atoms with Crippen LogP contribution < -0.4 is 15.0 Å². The predicted molar refractivity (Wildman–Crippen MR) is 108 cm³/mol. The lowest BCUT2D eigenvalue weighted by Crippen LogP contribution is -2.24. The zero-order valence-electron chi connectivity index (χ0n) is 16.0. The molecule has 0 bridgehead atoms. The molecule has 0 heterocycles. The van der Waals surface area contributed by atoms with Gasteiger partial charge >= 0.3 is 0 Å². The van der Waals surface area contributed by atoms with E-state index in [1.54, 1.807) is 13.2 Å². The lowest BCUT2D eigenvalue weighted by atomic mass is 10.1. The quantitative estimate of drug-likeness (QED) is 0.573. The molecule has 0 radical (unpaired) electrons. The van der Waals surface area contributed by atoms with Gasteiger partial charge in [-0.15, -0.1) is 0 Å². The second kappa shape index (κ2) is 10.0. The maximum atomic E-state index is 12.3. The highest BCUT2D eigenvalue weighted by molar-refractivity contribution is 6.01. The number of carbonyl (C=O) groups excluding carboxylic acids is 1. The van der Waals surface area contributed by atoms with Crippen molar-refractivity contribution in [3.05, 3.63) is 65.2 Å². The van der Waals surface area contributed by atoms with E-state index in [4.69, 9.17) is 4.74 Å². The number of rotatable bonds is 8. The summed E-state index contributed by atoms with van der Waals surface area (Å²) in [6, 6.07) is 17.2. The highest BCUT2D eigenvalue weighted by atomic mass is 16.5. The Kier molecular flexibility index (Phi) is 7.45. The Hall–Kier alpha value is -3.26. The van der Waals surface area contributed by atoms with Crippen LogP contribution in [-0.4, -0.2) is 26.1 Å². The van der Waals surface area contributed by atoms with Crippen LogP contribution >= 0.6 is 0 Å². The van der Waals surface area contributed by atoms with Crippen molar-refractivity contribution in [3.63, 3.8) is 0 Å². The Bertz CT molecular complexity index is 814. The van der Waals surface area contributed by atoms with Crippen molar-refractivity contribution in [1.82, 2.24) is 5.32 Å². The summed E-state index contributed by atoms with van der Waals surface area (Å²) < 4.78 is 5.11. The molecule has 1 N–H and O–H groups in total. The lowest BCUT2D eigenvalue weighted by molar-refractivity contribution is -0.117. The highest BCUT2D eigenvalue weighted by Crippen LogP contribution is 2.17. The first-order chi connectivity index (χ1) is 13.1. The summed E-state index contributed by atoms with van der Waals surface area (Å²) in [5.41, 5.74) is 2.96. The van der Waals surface area contributed by atoms with Crippen molar-refractivity contribution in [2.75, 3.05) is 25.1 Å². The molecule has 1 amide bonds. The maximum absolute atomic E-state index is 12.3. The molecule has 0 fully saturated rings. The van der Waals surface area contributed by atoms with Crippen LogP contribution in [0.15, 0.2) is 54.1 Å². The molecule has 0 aliphatic rings. The van der Waals surface area contributed by atoms with E-state index in [9.17, 15) is 10.1 Å². The summed E-state index contributed by atoms with van der Waals surface area (Å²) in [6.45, 7) is 6.44. The van der Waals surface area contributed by atoms with Crippen molar-refractivity contribution in [1.29, 1.82) is 5.26 Å². The average Bonchev–Trinajstić information content (AvgIpc) is 2.72. The van der Waals surface area contributed by atoms with Crippen LogP contribution in [0, 0.1) is 11.3 Å². The summed E-state index contributed by atoms with van der Waals surface area (Å²) in [5, 5.41) is 12.1. The number of methoxy groups -OCH3 is 1. The molecule has 0 aliphatic carbocycles. The van der Waals surface area contributed by atoms with E-state index in [2.05, 4.69) is 24.1 Å². The third kappa shape index (κ3) is 5.61. The van der Waals surface area contributed by atoms with E-state index in [0.717, 1.165) is 35.7 Å². The van der Waals surface area contributed by atoms with Gasteiger partial charge in [0.1, 0.15) is 17.4 Å². The molecule has 5 nitrogen and oxygen atoms in total. The van der Waals surface area contributed by atoms with Gasteiger partial charge in [-0.1, -0.05) is 24.3 Å². The topological polar surface area (TPSA) is 65.4 Å². The van der Waals surface area contributed by atoms with Gasteiger partial charge in [-0.2, -0.15) is 5.26 Å². The molecule has 0 atom stereocenters. The van der Waals surface area contributed by atoms with Gasteiger partial charge < -0.3 is 15.0 Å². The number of ether oxygens (including phenoxy) is 1. The van der Waals surface area contributed by atoms with Crippen molar-refractivity contribution in [3.8, 4) is 11.8 Å². The molecule has 2 rings (SSSR count). The number of benzene rings is 2. The first kappa shape index (κ1) is 20.1. The second-order valence-corrected chi connectivity index (χ2v) is 5.96. The molecule has 0 saturated carbocycles. The van der Waals surface area contributed by atoms with Crippen molar-refractivity contribution >= 4 is 17.7 Å². The normalized spacial score (nSPS) is 10.8. The van der Waals surface area contributed by atoms with E-state index < -0.39 is 0 Å². The number of nitrogens with zero attached hydrogens (tertiary/aromatic N) is 2. The van der Waals surface area contributed by atoms with Gasteiger partial charge in [-0.25, -0.2) is 0 Å². The number of amides is 1. The number of nitrogens with one attached hydrogen (secondary N) is 1. The largest absolute Gasteiger partial charge is 0.497 e. The van der Waals surface area contributed by atoms with Crippen LogP contribution in [0.25, 0.3) is 6.08 Å². The fraction of sp³-hybridized carbons (Fsp3) is 0.273. The lowest BCUT2D eigenvalue weighted by Gasteiger charge is -2.20. The Labute approximate surface area is 160 Å². The van der Waals surface area contributed by atoms with Gasteiger partial charge in [-0.05, 0) is 55.3 Å². The molecule has 27 heavy (non-hydrogen) atoms. The molecule has 140 valence electrons. The highest BCUT2D eigenvalue weighted by Gasteiger charge is 2.09. The zero-order chi connectivity index (χ0) is 19.6. The molecule has 2 aromatic carbocycles. The molecule has 2 aromatic rings. The SMILES string of the molecule is CCN(CC)c1ccc(/C=C(/C#N)C(=O)NCc2ccc(OC)cc2)cc1. The maximum Gasteiger partial charge on any atom is 0.262 e. The van der Waals surface area contributed by atoms with Crippen LogP contribution in [0.5, 0.6) is 5.75 Å². The van der Waals surface area contributed by atoms with Gasteiger partial charge in [0.2, 0.25) is 0 Å². The minimum atomic E-state index is -0.388. The Morgan fingerprint density at radius 2 is 1.74 bits per heavy atom. The molecule has 0 aromatic heterocycles. The van der Waals surface area contributed by atoms with Crippen molar-refractivity contribution < 1.29 is 9.53 Å². The predicted octanol–water partition coefficient (Wildman–Crippen LogP) is 3.76. The van der Waals surface area contributed by atoms with Gasteiger partial charge in [0, 0.05) is 25.3 Å². The third-order valence-electron chi connectivity index (χ3n) is 4.31. The molecule has 0 unspecified atom stereocenters. The number of hydrogen-bond acceptors (Lipinski definition) is 4. The van der Waals surface area contributed by atoms with E-state index in [0.29, 0.717) is 6.54 Å². The number of carbonyl (C=O) groups is 1. The summed E-state index contributed by atoms with van der Waals surface area (Å²) in [7, 11) is 1.61. The standard InChI is InChI=1S/C22H25N3O2/c1-4-25(5-2)20-10-6-17(7-11-20)14-19(15-23)22(26)24-16-18-8-12-21(27-3)13-9-18/h6-14H,4-5,16H2,1-3H3,(H,24,26)/b19-14-. The Balaban J connectivity index is 2.03. The third-order valence-corrected chi connectivity index (χ3v) is 4.31. The summed E-state index contributed by atoms with van der Waals surface area (Å²) in [4.78, 5) is 14.5. The first-order valence-electron chi connectivity index (χ1n) is 8.99. The zero-order valence-corrected chi connectivity index (χ0v) is 16.0. The van der Waals surface area contributed by atoms with Crippen LogP contribution in [0.3, 0.4) is 0 Å². The molecule has 5 heteroatoms. The second-order valence-electron chi connectivity index (χ2n) is 5.96. The van der Waals surface area contributed by atoms with Gasteiger partial charge in [0.05, 0.1) is 7.11 Å². The molecule has 0 aliphatic heterocycles. The molecular formula is C22H25N3O2. The van der Waals surface area contributed by atoms with E-state index >= 15 is 0 Å². The molecule has 0 saturated heterocycles. The fourth-order valence-electron chi connectivity index (χ4n) is 2.71. The Morgan fingerprint density at radius 1 is 1.11 bits per heavy atom. The first-order valence-corrected chi connectivity index (χ1v) is 8.99. The monoisotopic (exact) mass is 363 g/mol. The van der Waals surface area contributed by atoms with Crippen LogP contribution in [0.4, 0.5) is 5.69 Å². The summed E-state index contributed by atoms with van der Waals surface area (Å²) >= 11 is 0. The average molecular weight is 363 g/mol. The smallest absolute Gasteiger partial charge is 0.262 e. The molecule has 0 spiro atoms. The minimum absolute atomic E-state index is 0.0825. The van der Waals surface area contributed by atoms with E-state index in [1.165, 1.54) is 0 Å². The fourth-order valence-corrected chi connectivity index (χ4v) is 2.71. The van der Waals surface area contributed by atoms with Crippen molar-refractivity contribution in [2.24, 2.45) is 0 Å². The summed E-state index contributed by atoms with van der Waals surface area (Å²) in [6.07, 6.45) is 1.61. The van der Waals surface area contributed by atoms with E-state index in [1.807, 2.05) is 54.6 Å².